The number of hydrogen-bond acceptors (Lipinski definition) is 4. The van der Waals surface area contributed by atoms with E-state index in [2.05, 4.69) is 60.1 Å². The quantitative estimate of drug-likeness (QED) is 0.904. The summed E-state index contributed by atoms with van der Waals surface area (Å²) >= 11 is 1.35. The van der Waals surface area contributed by atoms with Gasteiger partial charge in [-0.1, -0.05) is 42.5 Å². The number of rotatable bonds is 5. The molecule has 0 amide bonds. The molecule has 0 aliphatic carbocycles. The van der Waals surface area contributed by atoms with Crippen molar-refractivity contribution < 1.29 is 0 Å². The van der Waals surface area contributed by atoms with Crippen molar-refractivity contribution in [1.29, 1.82) is 0 Å². The van der Waals surface area contributed by atoms with E-state index in [1.165, 1.54) is 29.7 Å². The highest BCUT2D eigenvalue weighted by Gasteiger charge is 2.22. The van der Waals surface area contributed by atoms with Crippen molar-refractivity contribution in [2.75, 3.05) is 27.2 Å². The fourth-order valence-electron chi connectivity index (χ4n) is 3.40. The summed E-state index contributed by atoms with van der Waals surface area (Å²) in [6.07, 6.45) is 3.44. The average molecular weight is 346 g/mol. The van der Waals surface area contributed by atoms with Crippen LogP contribution in [0.25, 0.3) is 11.3 Å². The Morgan fingerprint density at radius 3 is 2.54 bits per heavy atom. The molecule has 24 heavy (non-hydrogen) atoms. The molecule has 2 heterocycles. The summed E-state index contributed by atoms with van der Waals surface area (Å²) in [7, 11) is 4.37. The number of hydrogen-bond donors (Lipinski definition) is 1. The lowest BCUT2D eigenvalue weighted by Crippen LogP contribution is -2.41. The highest BCUT2D eigenvalue weighted by atomic mass is 32.1. The van der Waals surface area contributed by atoms with Gasteiger partial charge >= 0.3 is 4.87 Å². The second-order valence-corrected chi connectivity index (χ2v) is 7.88. The van der Waals surface area contributed by atoms with E-state index >= 15 is 0 Å². The van der Waals surface area contributed by atoms with Gasteiger partial charge in [-0.3, -0.25) is 9.69 Å². The van der Waals surface area contributed by atoms with E-state index in [0.29, 0.717) is 6.04 Å². The topological polar surface area (TPSA) is 39.3 Å². The number of aromatic nitrogens is 1. The van der Waals surface area contributed by atoms with Gasteiger partial charge < -0.3 is 9.88 Å². The van der Waals surface area contributed by atoms with Crippen LogP contribution < -0.4 is 4.87 Å². The first kappa shape index (κ1) is 17.4. The molecule has 130 valence electrons. The molecular formula is C19H27N3OS. The van der Waals surface area contributed by atoms with E-state index in [1.807, 2.05) is 0 Å². The lowest BCUT2D eigenvalue weighted by molar-refractivity contribution is 0.140. The Morgan fingerprint density at radius 2 is 1.92 bits per heavy atom. The number of thiazole rings is 1. The molecule has 1 aromatic carbocycles. The Hall–Kier alpha value is -1.43. The number of H-pyrrole nitrogens is 1. The van der Waals surface area contributed by atoms with E-state index in [0.717, 1.165) is 42.2 Å². The van der Waals surface area contributed by atoms with Gasteiger partial charge in [0.2, 0.25) is 0 Å². The van der Waals surface area contributed by atoms with Gasteiger partial charge in [0, 0.05) is 17.5 Å². The van der Waals surface area contributed by atoms with Gasteiger partial charge in [-0.05, 0) is 57.6 Å². The van der Waals surface area contributed by atoms with Crippen LogP contribution in [0.5, 0.6) is 0 Å². The first-order chi connectivity index (χ1) is 11.6. The molecule has 0 saturated carbocycles. The summed E-state index contributed by atoms with van der Waals surface area (Å²) in [5.41, 5.74) is 3.42. The molecule has 0 bridgehead atoms. The molecule has 3 rings (SSSR count). The van der Waals surface area contributed by atoms with Gasteiger partial charge in [0.1, 0.15) is 0 Å². The smallest absolute Gasteiger partial charge is 0.305 e. The Labute approximate surface area is 148 Å². The van der Waals surface area contributed by atoms with Gasteiger partial charge in [-0.15, -0.1) is 0 Å². The molecule has 4 nitrogen and oxygen atoms in total. The summed E-state index contributed by atoms with van der Waals surface area (Å²) < 4.78 is 0. The minimum atomic E-state index is 0.0383. The monoisotopic (exact) mass is 345 g/mol. The van der Waals surface area contributed by atoms with Crippen LogP contribution in [0.2, 0.25) is 0 Å². The normalized spacial score (nSPS) is 16.8. The number of benzene rings is 1. The Morgan fingerprint density at radius 1 is 1.25 bits per heavy atom. The van der Waals surface area contributed by atoms with Gasteiger partial charge in [0.15, 0.2) is 0 Å². The van der Waals surface area contributed by atoms with Crippen molar-refractivity contribution in [2.24, 2.45) is 0 Å². The second-order valence-electron chi connectivity index (χ2n) is 6.81. The van der Waals surface area contributed by atoms with Crippen molar-refractivity contribution in [3.8, 4) is 11.3 Å². The van der Waals surface area contributed by atoms with Gasteiger partial charge in [-0.25, -0.2) is 0 Å². The molecule has 1 fully saturated rings. The molecule has 2 aromatic rings. The maximum Gasteiger partial charge on any atom is 0.305 e. The maximum absolute atomic E-state index is 11.9. The molecule has 0 spiro atoms. The molecule has 0 unspecified atom stereocenters. The third-order valence-electron chi connectivity index (χ3n) is 5.08. The number of piperidine rings is 1. The van der Waals surface area contributed by atoms with E-state index in [9.17, 15) is 4.79 Å². The fourth-order valence-corrected chi connectivity index (χ4v) is 4.32. The SMILES string of the molecule is CCc1ccc(-c2[nH]c(=O)sc2CN(C)C2CCN(C)CC2)cc1. The second kappa shape index (κ2) is 7.64. The molecule has 1 saturated heterocycles. The van der Waals surface area contributed by atoms with Crippen molar-refractivity contribution in [3.05, 3.63) is 44.4 Å². The van der Waals surface area contributed by atoms with E-state index in [4.69, 9.17) is 0 Å². The van der Waals surface area contributed by atoms with Crippen LogP contribution in [0.15, 0.2) is 29.1 Å². The molecule has 1 aliphatic rings. The maximum atomic E-state index is 11.9. The van der Waals surface area contributed by atoms with Crippen LogP contribution in [-0.2, 0) is 13.0 Å². The van der Waals surface area contributed by atoms with Crippen LogP contribution >= 0.6 is 11.3 Å². The van der Waals surface area contributed by atoms with Crippen molar-refractivity contribution in [2.45, 2.75) is 38.8 Å². The van der Waals surface area contributed by atoms with Gasteiger partial charge in [0.25, 0.3) is 0 Å². The summed E-state index contributed by atoms with van der Waals surface area (Å²) in [6.45, 7) is 5.31. The number of nitrogens with one attached hydrogen (secondary N) is 1. The van der Waals surface area contributed by atoms with Crippen LogP contribution in [0.1, 0.15) is 30.2 Å². The zero-order valence-electron chi connectivity index (χ0n) is 14.8. The van der Waals surface area contributed by atoms with Crippen LogP contribution in [0, 0.1) is 0 Å². The minimum Gasteiger partial charge on any atom is -0.312 e. The predicted octanol–water partition coefficient (Wildman–Crippen LogP) is 3.19. The molecule has 1 N–H and O–H groups in total. The number of aryl methyl sites for hydroxylation is 1. The van der Waals surface area contributed by atoms with E-state index < -0.39 is 0 Å². The molecule has 5 heteroatoms. The summed E-state index contributed by atoms with van der Waals surface area (Å²) in [6, 6.07) is 9.14. The highest BCUT2D eigenvalue weighted by molar-refractivity contribution is 7.09. The van der Waals surface area contributed by atoms with Crippen molar-refractivity contribution >= 4 is 11.3 Å². The average Bonchev–Trinajstić information content (AvgIpc) is 2.96. The van der Waals surface area contributed by atoms with Gasteiger partial charge in [-0.2, -0.15) is 0 Å². The zero-order valence-corrected chi connectivity index (χ0v) is 15.7. The van der Waals surface area contributed by atoms with Crippen LogP contribution in [0.4, 0.5) is 0 Å². The highest BCUT2D eigenvalue weighted by Crippen LogP contribution is 2.26. The van der Waals surface area contributed by atoms with Crippen LogP contribution in [0.3, 0.4) is 0 Å². The summed E-state index contributed by atoms with van der Waals surface area (Å²) in [5.74, 6) is 0. The molecule has 0 atom stereocenters. The number of aromatic amines is 1. The fraction of sp³-hybridized carbons (Fsp3) is 0.526. The number of nitrogens with zero attached hydrogens (tertiary/aromatic N) is 2. The largest absolute Gasteiger partial charge is 0.312 e. The zero-order chi connectivity index (χ0) is 17.1. The van der Waals surface area contributed by atoms with E-state index in [-0.39, 0.29) is 4.87 Å². The predicted molar refractivity (Wildman–Crippen MR) is 102 cm³/mol. The molecule has 1 aliphatic heterocycles. The molecule has 1 aromatic heterocycles. The Kier molecular flexibility index (Phi) is 5.54. The lowest BCUT2D eigenvalue weighted by atomic mass is 10.0. The van der Waals surface area contributed by atoms with Gasteiger partial charge in [0.05, 0.1) is 5.69 Å². The minimum absolute atomic E-state index is 0.0383. The molecular weight excluding hydrogens is 318 g/mol. The Bertz CT molecular complexity index is 711. The third-order valence-corrected chi connectivity index (χ3v) is 5.94. The Balaban J connectivity index is 1.77. The third kappa shape index (κ3) is 3.97. The van der Waals surface area contributed by atoms with Crippen molar-refractivity contribution in [3.63, 3.8) is 0 Å². The first-order valence-electron chi connectivity index (χ1n) is 8.77. The first-order valence-corrected chi connectivity index (χ1v) is 9.58. The van der Waals surface area contributed by atoms with E-state index in [1.54, 1.807) is 0 Å². The summed E-state index contributed by atoms with van der Waals surface area (Å²) in [4.78, 5) is 21.0. The van der Waals surface area contributed by atoms with Crippen LogP contribution in [-0.4, -0.2) is 48.0 Å². The van der Waals surface area contributed by atoms with Crippen molar-refractivity contribution in [1.82, 2.24) is 14.8 Å². The molecule has 0 radical (unpaired) electrons. The number of likely N-dealkylation sites (tertiary alicyclic amines) is 1. The summed E-state index contributed by atoms with van der Waals surface area (Å²) in [5, 5.41) is 0. The lowest BCUT2D eigenvalue weighted by Gasteiger charge is -2.35. The standard InChI is InChI=1S/C19H27N3OS/c1-4-14-5-7-15(8-6-14)18-17(24-19(23)20-18)13-22(3)16-9-11-21(2)12-10-16/h5-8,16H,4,9-13H2,1-3H3,(H,20,23).